The van der Waals surface area contributed by atoms with Crippen LogP contribution in [0.4, 0.5) is 0 Å². The highest BCUT2D eigenvalue weighted by atomic mass is 15.2. The molecule has 2 N–H and O–H groups in total. The maximum atomic E-state index is 6.26. The third kappa shape index (κ3) is 3.34. The largest absolute Gasteiger partial charge is 0.326 e. The first-order chi connectivity index (χ1) is 9.11. The number of rotatable bonds is 4. The summed E-state index contributed by atoms with van der Waals surface area (Å²) in [6.07, 6.45) is 9.10. The summed E-state index contributed by atoms with van der Waals surface area (Å²) in [6.45, 7) is 4.49. The predicted octanol–water partition coefficient (Wildman–Crippen LogP) is 2.98. The van der Waals surface area contributed by atoms with Gasteiger partial charge in [0.2, 0.25) is 0 Å². The van der Waals surface area contributed by atoms with Crippen molar-refractivity contribution in [3.63, 3.8) is 0 Å². The van der Waals surface area contributed by atoms with Gasteiger partial charge in [-0.1, -0.05) is 19.8 Å². The molecule has 1 aliphatic rings. The number of likely N-dealkylation sites (N-methyl/N-ethyl adjacent to an activating group) is 1. The molecule has 19 heavy (non-hydrogen) atoms. The van der Waals surface area contributed by atoms with Gasteiger partial charge in [0.1, 0.15) is 0 Å². The Kier molecular flexibility index (Phi) is 4.94. The van der Waals surface area contributed by atoms with Gasteiger partial charge in [0.15, 0.2) is 0 Å². The Bertz CT molecular complexity index is 377. The first-order valence-corrected chi connectivity index (χ1v) is 7.48. The van der Waals surface area contributed by atoms with Gasteiger partial charge in [0.05, 0.1) is 0 Å². The van der Waals surface area contributed by atoms with Gasteiger partial charge in [-0.25, -0.2) is 0 Å². The molecule has 1 fully saturated rings. The van der Waals surface area contributed by atoms with Crippen LogP contribution < -0.4 is 5.73 Å². The van der Waals surface area contributed by atoms with Gasteiger partial charge >= 0.3 is 0 Å². The third-order valence-electron chi connectivity index (χ3n) is 4.57. The van der Waals surface area contributed by atoms with Crippen LogP contribution in [-0.4, -0.2) is 29.0 Å². The predicted molar refractivity (Wildman–Crippen MR) is 79.8 cm³/mol. The van der Waals surface area contributed by atoms with Crippen LogP contribution in [0.25, 0.3) is 0 Å². The Balaban J connectivity index is 2.19. The van der Waals surface area contributed by atoms with Crippen molar-refractivity contribution in [1.29, 1.82) is 0 Å². The normalized spacial score (nSPS) is 27.2. The molecule has 0 radical (unpaired) electrons. The zero-order chi connectivity index (χ0) is 13.8. The van der Waals surface area contributed by atoms with E-state index in [4.69, 9.17) is 5.73 Å². The topological polar surface area (TPSA) is 42.1 Å². The highest BCUT2D eigenvalue weighted by Crippen LogP contribution is 2.33. The minimum atomic E-state index is 0.126. The Morgan fingerprint density at radius 3 is 2.47 bits per heavy atom. The van der Waals surface area contributed by atoms with Gasteiger partial charge < -0.3 is 5.73 Å². The molecule has 0 aromatic carbocycles. The van der Waals surface area contributed by atoms with E-state index in [0.29, 0.717) is 6.04 Å². The Hall–Kier alpha value is -0.930. The van der Waals surface area contributed by atoms with E-state index in [1.54, 1.807) is 0 Å². The molecule has 2 rings (SSSR count). The second-order valence-corrected chi connectivity index (χ2v) is 6.08. The lowest BCUT2D eigenvalue weighted by Gasteiger charge is -2.42. The summed E-state index contributed by atoms with van der Waals surface area (Å²) in [5, 5.41) is 0. The molecule has 1 saturated carbocycles. The van der Waals surface area contributed by atoms with Crippen LogP contribution in [0.15, 0.2) is 24.5 Å². The van der Waals surface area contributed by atoms with Crippen molar-refractivity contribution in [2.24, 2.45) is 11.7 Å². The number of nitrogens with two attached hydrogens (primary N) is 1. The van der Waals surface area contributed by atoms with Crippen LogP contribution in [-0.2, 0) is 0 Å². The molecule has 0 amide bonds. The molecule has 1 aromatic heterocycles. The molecular formula is C16H27N3. The van der Waals surface area contributed by atoms with Crippen molar-refractivity contribution in [3.8, 4) is 0 Å². The van der Waals surface area contributed by atoms with E-state index in [1.807, 2.05) is 12.4 Å². The van der Waals surface area contributed by atoms with Gasteiger partial charge in [0.25, 0.3) is 0 Å². The van der Waals surface area contributed by atoms with E-state index < -0.39 is 0 Å². The lowest BCUT2D eigenvalue weighted by Crippen LogP contribution is -2.46. The molecule has 4 unspecified atom stereocenters. The van der Waals surface area contributed by atoms with Crippen LogP contribution in [0.5, 0.6) is 0 Å². The van der Waals surface area contributed by atoms with E-state index in [2.05, 4.69) is 42.9 Å². The van der Waals surface area contributed by atoms with Crippen LogP contribution in [0.1, 0.15) is 51.1 Å². The summed E-state index contributed by atoms with van der Waals surface area (Å²) < 4.78 is 0. The van der Waals surface area contributed by atoms with Crippen molar-refractivity contribution in [1.82, 2.24) is 9.88 Å². The molecule has 0 aliphatic heterocycles. The Morgan fingerprint density at radius 1 is 1.26 bits per heavy atom. The minimum Gasteiger partial charge on any atom is -0.326 e. The highest BCUT2D eigenvalue weighted by molar-refractivity contribution is 5.17. The molecule has 3 nitrogen and oxygen atoms in total. The molecule has 3 heteroatoms. The van der Waals surface area contributed by atoms with Gasteiger partial charge in [-0.05, 0) is 50.4 Å². The average molecular weight is 261 g/mol. The van der Waals surface area contributed by atoms with Crippen LogP contribution in [0.3, 0.4) is 0 Å². The molecular weight excluding hydrogens is 234 g/mol. The van der Waals surface area contributed by atoms with Gasteiger partial charge in [-0.15, -0.1) is 0 Å². The average Bonchev–Trinajstić information content (AvgIpc) is 2.40. The standard InChI is InChI=1S/C16H27N3/c1-12-6-4-5-7-15(12)19(3)16(13(2)17)14-8-10-18-11-9-14/h8-13,15-16H,4-7,17H2,1-3H3. The third-order valence-corrected chi connectivity index (χ3v) is 4.57. The van der Waals surface area contributed by atoms with Crippen LogP contribution >= 0.6 is 0 Å². The highest BCUT2D eigenvalue weighted by Gasteiger charge is 2.31. The Morgan fingerprint density at radius 2 is 1.89 bits per heavy atom. The van der Waals surface area contributed by atoms with Gasteiger partial charge in [0, 0.05) is 30.5 Å². The second-order valence-electron chi connectivity index (χ2n) is 6.08. The molecule has 4 atom stereocenters. The van der Waals surface area contributed by atoms with Crippen LogP contribution in [0.2, 0.25) is 0 Å². The molecule has 0 saturated heterocycles. The lowest BCUT2D eigenvalue weighted by atomic mass is 9.83. The van der Waals surface area contributed by atoms with Gasteiger partial charge in [-0.2, -0.15) is 0 Å². The summed E-state index contributed by atoms with van der Waals surface area (Å²) in [6, 6.07) is 5.25. The summed E-state index contributed by atoms with van der Waals surface area (Å²) in [5.41, 5.74) is 7.54. The maximum absolute atomic E-state index is 6.26. The monoisotopic (exact) mass is 261 g/mol. The first-order valence-electron chi connectivity index (χ1n) is 7.48. The second kappa shape index (κ2) is 6.49. The molecule has 1 heterocycles. The quantitative estimate of drug-likeness (QED) is 0.906. The zero-order valence-electron chi connectivity index (χ0n) is 12.4. The summed E-state index contributed by atoms with van der Waals surface area (Å²) in [4.78, 5) is 6.62. The van der Waals surface area contributed by atoms with Crippen molar-refractivity contribution in [3.05, 3.63) is 30.1 Å². The maximum Gasteiger partial charge on any atom is 0.0497 e. The van der Waals surface area contributed by atoms with Crippen LogP contribution in [0, 0.1) is 5.92 Å². The van der Waals surface area contributed by atoms with Crippen molar-refractivity contribution >= 4 is 0 Å². The van der Waals surface area contributed by atoms with E-state index >= 15 is 0 Å². The smallest absolute Gasteiger partial charge is 0.0497 e. The van der Waals surface area contributed by atoms with E-state index in [9.17, 15) is 0 Å². The van der Waals surface area contributed by atoms with Crippen molar-refractivity contribution in [2.75, 3.05) is 7.05 Å². The fourth-order valence-electron chi connectivity index (χ4n) is 3.58. The molecule has 1 aliphatic carbocycles. The number of aromatic nitrogens is 1. The zero-order valence-corrected chi connectivity index (χ0v) is 12.4. The number of nitrogens with zero attached hydrogens (tertiary/aromatic N) is 2. The molecule has 1 aromatic rings. The molecule has 0 bridgehead atoms. The molecule has 106 valence electrons. The van der Waals surface area contributed by atoms with Gasteiger partial charge in [-0.3, -0.25) is 9.88 Å². The van der Waals surface area contributed by atoms with E-state index in [-0.39, 0.29) is 12.1 Å². The summed E-state index contributed by atoms with van der Waals surface area (Å²) in [7, 11) is 2.24. The SMILES string of the molecule is CC(N)C(c1ccncc1)N(C)C1CCCCC1C. The first kappa shape index (κ1) is 14.5. The number of hydrogen-bond acceptors (Lipinski definition) is 3. The number of pyridine rings is 1. The summed E-state index contributed by atoms with van der Waals surface area (Å²) in [5.74, 6) is 0.766. The molecule has 0 spiro atoms. The fourth-order valence-corrected chi connectivity index (χ4v) is 3.58. The number of hydrogen-bond donors (Lipinski definition) is 1. The van der Waals surface area contributed by atoms with E-state index in [1.165, 1.54) is 31.2 Å². The minimum absolute atomic E-state index is 0.126. The summed E-state index contributed by atoms with van der Waals surface area (Å²) >= 11 is 0. The van der Waals surface area contributed by atoms with E-state index in [0.717, 1.165) is 5.92 Å². The lowest BCUT2D eigenvalue weighted by molar-refractivity contribution is 0.0859. The fraction of sp³-hybridized carbons (Fsp3) is 0.688. The van der Waals surface area contributed by atoms with Crippen molar-refractivity contribution < 1.29 is 0 Å². The Labute approximate surface area is 117 Å². The van der Waals surface area contributed by atoms with Crippen molar-refractivity contribution in [2.45, 2.75) is 57.7 Å².